The number of aromatic nitrogens is 2. The van der Waals surface area contributed by atoms with Gasteiger partial charge in [-0.3, -0.25) is 4.90 Å². The summed E-state index contributed by atoms with van der Waals surface area (Å²) in [5, 5.41) is 21.5. The number of halogens is 2. The van der Waals surface area contributed by atoms with Crippen molar-refractivity contribution in [1.82, 2.24) is 14.9 Å². The van der Waals surface area contributed by atoms with E-state index in [2.05, 4.69) is 25.8 Å². The highest BCUT2D eigenvalue weighted by Gasteiger charge is 2.34. The molecule has 1 aliphatic heterocycles. The minimum absolute atomic E-state index is 0.0500. The zero-order valence-corrected chi connectivity index (χ0v) is 19.5. The maximum atomic E-state index is 11.3. The highest BCUT2D eigenvalue weighted by atomic mass is 35.5. The third kappa shape index (κ3) is 5.21. The number of benzene rings is 2. The molecule has 1 aliphatic rings. The number of nitrogens with zero attached hydrogens (tertiary/aromatic N) is 4. The SMILES string of the molecule is C[C@@](O)(CN1CCN(c2ccc(C#N)cc2Cl)[C@H](c2ccc(Cl)cc2)C1)c1cnc(=O)[nH]c1. The first kappa shape index (κ1) is 23.3. The Bertz CT molecular complexity index is 1220. The van der Waals surface area contributed by atoms with E-state index in [0.29, 0.717) is 47.4 Å². The number of β-amino-alcohol motifs (C(OH)–C–C–N with tert-alkyl or cyclic N) is 1. The number of piperazine rings is 1. The zero-order chi connectivity index (χ0) is 23.6. The highest BCUT2D eigenvalue weighted by Crippen LogP contribution is 2.36. The van der Waals surface area contributed by atoms with Gasteiger partial charge >= 0.3 is 5.69 Å². The van der Waals surface area contributed by atoms with Crippen molar-refractivity contribution in [3.8, 4) is 6.07 Å². The minimum atomic E-state index is -1.20. The third-order valence-electron chi connectivity index (χ3n) is 5.93. The molecule has 0 amide bonds. The van der Waals surface area contributed by atoms with E-state index in [9.17, 15) is 15.2 Å². The van der Waals surface area contributed by atoms with Gasteiger partial charge in [0, 0.05) is 49.2 Å². The van der Waals surface area contributed by atoms with E-state index in [1.807, 2.05) is 30.3 Å². The van der Waals surface area contributed by atoms with E-state index in [1.165, 1.54) is 12.4 Å². The lowest BCUT2D eigenvalue weighted by molar-refractivity contribution is 0.00969. The molecule has 0 aliphatic carbocycles. The smallest absolute Gasteiger partial charge is 0.344 e. The van der Waals surface area contributed by atoms with E-state index < -0.39 is 11.3 Å². The summed E-state index contributed by atoms with van der Waals surface area (Å²) < 4.78 is 0. The normalized spacial score (nSPS) is 18.5. The van der Waals surface area contributed by atoms with Gasteiger partial charge in [-0.2, -0.15) is 5.26 Å². The van der Waals surface area contributed by atoms with E-state index >= 15 is 0 Å². The van der Waals surface area contributed by atoms with Gasteiger partial charge < -0.3 is 15.0 Å². The maximum absolute atomic E-state index is 11.3. The van der Waals surface area contributed by atoms with Crippen LogP contribution in [-0.4, -0.2) is 46.2 Å². The summed E-state index contributed by atoms with van der Waals surface area (Å²) in [5.74, 6) is 0. The fourth-order valence-corrected chi connectivity index (χ4v) is 4.63. The first-order valence-electron chi connectivity index (χ1n) is 10.5. The summed E-state index contributed by atoms with van der Waals surface area (Å²) in [6.45, 7) is 4.06. The Labute approximate surface area is 201 Å². The Kier molecular flexibility index (Phi) is 6.73. The Balaban J connectivity index is 1.62. The van der Waals surface area contributed by atoms with Crippen molar-refractivity contribution in [2.45, 2.75) is 18.6 Å². The van der Waals surface area contributed by atoms with Crippen LogP contribution in [0.5, 0.6) is 0 Å². The number of H-pyrrole nitrogens is 1. The van der Waals surface area contributed by atoms with Crippen molar-refractivity contribution in [2.75, 3.05) is 31.1 Å². The molecule has 1 fully saturated rings. The summed E-state index contributed by atoms with van der Waals surface area (Å²) in [5.41, 5.74) is 1.32. The Morgan fingerprint density at radius 1 is 1.24 bits per heavy atom. The number of rotatable bonds is 5. The predicted octanol–water partition coefficient (Wildman–Crippen LogP) is 3.72. The van der Waals surface area contributed by atoms with Gasteiger partial charge in [-0.15, -0.1) is 0 Å². The molecule has 2 atom stereocenters. The lowest BCUT2D eigenvalue weighted by atomic mass is 9.96. The lowest BCUT2D eigenvalue weighted by Gasteiger charge is -2.45. The molecule has 0 bridgehead atoms. The summed E-state index contributed by atoms with van der Waals surface area (Å²) in [7, 11) is 0. The van der Waals surface area contributed by atoms with Crippen LogP contribution in [0.25, 0.3) is 0 Å². The highest BCUT2D eigenvalue weighted by molar-refractivity contribution is 6.33. The molecular weight excluding hydrogens is 461 g/mol. The number of nitrogens with one attached hydrogen (secondary N) is 1. The predicted molar refractivity (Wildman–Crippen MR) is 129 cm³/mol. The summed E-state index contributed by atoms with van der Waals surface area (Å²) in [4.78, 5) is 22.0. The standard InChI is InChI=1S/C24H23Cl2N5O2/c1-24(33,18-12-28-23(32)29-13-18)15-30-8-9-31(21-7-2-16(11-27)10-20(21)26)22(14-30)17-3-5-19(25)6-4-17/h2-7,10,12-13,22,33H,8-9,14-15H2,1H3,(H,28,29,32)/t22-,24+/m0/s1. The average molecular weight is 484 g/mol. The van der Waals surface area contributed by atoms with Crippen LogP contribution in [0.3, 0.4) is 0 Å². The third-order valence-corrected chi connectivity index (χ3v) is 6.49. The van der Waals surface area contributed by atoms with Crippen LogP contribution in [-0.2, 0) is 5.60 Å². The molecule has 1 aromatic heterocycles. The van der Waals surface area contributed by atoms with Gasteiger partial charge in [0.05, 0.1) is 28.4 Å². The molecule has 7 nitrogen and oxygen atoms in total. The molecule has 0 saturated carbocycles. The van der Waals surface area contributed by atoms with Crippen LogP contribution in [0.2, 0.25) is 10.0 Å². The number of hydrogen-bond acceptors (Lipinski definition) is 6. The molecule has 3 aromatic rings. The summed E-state index contributed by atoms with van der Waals surface area (Å²) in [6, 6.07) is 15.1. The number of hydrogen-bond donors (Lipinski definition) is 2. The van der Waals surface area contributed by atoms with Gasteiger partial charge in [-0.25, -0.2) is 9.78 Å². The average Bonchev–Trinajstić information content (AvgIpc) is 2.80. The second-order valence-corrected chi connectivity index (χ2v) is 9.20. The van der Waals surface area contributed by atoms with E-state index in [1.54, 1.807) is 19.1 Å². The maximum Gasteiger partial charge on any atom is 0.344 e. The van der Waals surface area contributed by atoms with Crippen molar-refractivity contribution in [3.05, 3.63) is 92.1 Å². The van der Waals surface area contributed by atoms with Crippen molar-refractivity contribution in [3.63, 3.8) is 0 Å². The Hall–Kier alpha value is -2.89. The van der Waals surface area contributed by atoms with Crippen LogP contribution in [0.1, 0.15) is 29.7 Å². The van der Waals surface area contributed by atoms with Crippen LogP contribution in [0.15, 0.2) is 59.7 Å². The summed E-state index contributed by atoms with van der Waals surface area (Å²) in [6.07, 6.45) is 2.90. The monoisotopic (exact) mass is 483 g/mol. The molecule has 0 radical (unpaired) electrons. The molecule has 2 aromatic carbocycles. The first-order valence-corrected chi connectivity index (χ1v) is 11.2. The van der Waals surface area contributed by atoms with E-state index in [-0.39, 0.29) is 6.04 Å². The van der Waals surface area contributed by atoms with Gasteiger partial charge in [0.2, 0.25) is 0 Å². The molecule has 0 unspecified atom stereocenters. The largest absolute Gasteiger partial charge is 0.384 e. The van der Waals surface area contributed by atoms with Gasteiger partial charge in [0.15, 0.2) is 0 Å². The van der Waals surface area contributed by atoms with E-state index in [0.717, 1.165) is 11.3 Å². The fourth-order valence-electron chi connectivity index (χ4n) is 4.21. The molecule has 2 N–H and O–H groups in total. The molecule has 1 saturated heterocycles. The van der Waals surface area contributed by atoms with Crippen LogP contribution >= 0.6 is 23.2 Å². The van der Waals surface area contributed by atoms with Crippen LogP contribution in [0, 0.1) is 11.3 Å². The molecule has 0 spiro atoms. The molecule has 170 valence electrons. The Morgan fingerprint density at radius 3 is 2.64 bits per heavy atom. The number of nitriles is 1. The Morgan fingerprint density at radius 2 is 2.00 bits per heavy atom. The van der Waals surface area contributed by atoms with Gasteiger partial charge in [-0.1, -0.05) is 35.3 Å². The van der Waals surface area contributed by atoms with E-state index in [4.69, 9.17) is 23.2 Å². The van der Waals surface area contributed by atoms with Crippen LogP contribution < -0.4 is 10.6 Å². The lowest BCUT2D eigenvalue weighted by Crippen LogP contribution is -2.52. The van der Waals surface area contributed by atoms with Crippen molar-refractivity contribution in [1.29, 1.82) is 5.26 Å². The molecule has 2 heterocycles. The molecule has 33 heavy (non-hydrogen) atoms. The van der Waals surface area contributed by atoms with Crippen molar-refractivity contribution in [2.24, 2.45) is 0 Å². The first-order chi connectivity index (χ1) is 15.8. The van der Waals surface area contributed by atoms with Crippen molar-refractivity contribution >= 4 is 28.9 Å². The fraction of sp³-hybridized carbons (Fsp3) is 0.292. The molecule has 4 rings (SSSR count). The second-order valence-electron chi connectivity index (χ2n) is 8.36. The van der Waals surface area contributed by atoms with Gasteiger partial charge in [0.1, 0.15) is 5.60 Å². The number of anilines is 1. The summed E-state index contributed by atoms with van der Waals surface area (Å²) >= 11 is 12.7. The van der Waals surface area contributed by atoms with Gasteiger partial charge in [0.25, 0.3) is 0 Å². The van der Waals surface area contributed by atoms with Gasteiger partial charge in [-0.05, 0) is 42.8 Å². The number of aliphatic hydroxyl groups is 1. The van der Waals surface area contributed by atoms with Crippen molar-refractivity contribution < 1.29 is 5.11 Å². The minimum Gasteiger partial charge on any atom is -0.384 e. The topological polar surface area (TPSA) is 96.2 Å². The number of aromatic amines is 1. The molecule has 9 heteroatoms. The van der Waals surface area contributed by atoms with Crippen LogP contribution in [0.4, 0.5) is 5.69 Å². The second kappa shape index (κ2) is 9.54. The molecular formula is C24H23Cl2N5O2. The quantitative estimate of drug-likeness (QED) is 0.573. The zero-order valence-electron chi connectivity index (χ0n) is 18.0.